The molecule has 4 saturated carbocycles. The second kappa shape index (κ2) is 14.4. The van der Waals surface area contributed by atoms with Crippen molar-refractivity contribution in [1.29, 1.82) is 0 Å². The van der Waals surface area contributed by atoms with Gasteiger partial charge in [-0.3, -0.25) is 14.4 Å². The number of fused-ring (bicyclic) bond motifs is 7. The van der Waals surface area contributed by atoms with E-state index in [-0.39, 0.29) is 69.4 Å². The van der Waals surface area contributed by atoms with E-state index in [2.05, 4.69) is 59.9 Å². The van der Waals surface area contributed by atoms with Gasteiger partial charge in [-0.2, -0.15) is 0 Å². The molecule has 0 spiro atoms. The Morgan fingerprint density at radius 1 is 0.857 bits per heavy atom. The monoisotopic (exact) mass is 683 g/mol. The van der Waals surface area contributed by atoms with Gasteiger partial charge in [0.15, 0.2) is 5.78 Å². The van der Waals surface area contributed by atoms with E-state index in [1.54, 1.807) is 0 Å². The zero-order chi connectivity index (χ0) is 35.9. The van der Waals surface area contributed by atoms with Crippen LogP contribution in [0.4, 0.5) is 0 Å². The van der Waals surface area contributed by atoms with Crippen LogP contribution in [0, 0.1) is 50.2 Å². The summed E-state index contributed by atoms with van der Waals surface area (Å²) < 4.78 is 11.6. The zero-order valence-electron chi connectivity index (χ0n) is 32.4. The molecule has 0 aromatic rings. The number of carbonyl (C=O) groups excluding carboxylic acids is 3. The number of allylic oxidation sites excluding steroid dienone is 2. The topological polar surface area (TPSA) is 108 Å². The number of ether oxygens (including phenoxy) is 2. The summed E-state index contributed by atoms with van der Waals surface area (Å²) >= 11 is 0. The van der Waals surface area contributed by atoms with Crippen LogP contribution in [0.15, 0.2) is 11.6 Å². The first-order valence-corrected chi connectivity index (χ1v) is 20.0. The fourth-order valence-electron chi connectivity index (χ4n) is 12.5. The Balaban J connectivity index is 1.26. The van der Waals surface area contributed by atoms with Crippen molar-refractivity contribution < 1.29 is 23.9 Å². The molecule has 0 aromatic heterocycles. The van der Waals surface area contributed by atoms with E-state index < -0.39 is 5.41 Å². The van der Waals surface area contributed by atoms with Crippen LogP contribution in [-0.2, 0) is 23.9 Å². The lowest BCUT2D eigenvalue weighted by Crippen LogP contribution is -2.66. The van der Waals surface area contributed by atoms with Gasteiger partial charge in [0, 0.05) is 11.3 Å². The third kappa shape index (κ3) is 6.71. The molecular weight excluding hydrogens is 612 g/mol. The number of unbranched alkanes of at least 4 members (excludes halogenated alkanes) is 6. The van der Waals surface area contributed by atoms with Crippen LogP contribution in [-0.4, -0.2) is 50.6 Å². The van der Waals surface area contributed by atoms with Crippen LogP contribution in [0.3, 0.4) is 0 Å². The van der Waals surface area contributed by atoms with Crippen LogP contribution >= 0.6 is 0 Å². The van der Waals surface area contributed by atoms with Crippen molar-refractivity contribution in [3.05, 3.63) is 11.6 Å². The van der Waals surface area contributed by atoms with E-state index in [0.29, 0.717) is 5.78 Å². The Hall–Kier alpha value is -1.73. The van der Waals surface area contributed by atoms with E-state index in [1.807, 2.05) is 0 Å². The number of carbonyl (C=O) groups is 3. The van der Waals surface area contributed by atoms with Gasteiger partial charge in [-0.05, 0) is 130 Å². The van der Waals surface area contributed by atoms with Gasteiger partial charge in [0.25, 0.3) is 0 Å². The molecule has 278 valence electrons. The molecule has 0 unspecified atom stereocenters. The highest BCUT2D eigenvalue weighted by atomic mass is 16.5. The number of methoxy groups -OCH3 is 1. The smallest absolute Gasteiger partial charge is 0.320 e. The van der Waals surface area contributed by atoms with Gasteiger partial charge in [-0.1, -0.05) is 79.2 Å². The Morgan fingerprint density at radius 2 is 1.51 bits per heavy atom. The van der Waals surface area contributed by atoms with E-state index >= 15 is 0 Å². The minimum Gasteiger partial charge on any atom is -0.469 e. The van der Waals surface area contributed by atoms with Crippen molar-refractivity contribution >= 4 is 17.7 Å². The predicted molar refractivity (Wildman–Crippen MR) is 196 cm³/mol. The normalized spacial score (nSPS) is 41.0. The molecule has 0 amide bonds. The average Bonchev–Trinajstić information content (AvgIpc) is 3.04. The molecule has 3 N–H and O–H groups in total. The SMILES string of the molecule is COC(=O)[C@@]1(C)CC[C@]2(C)CC[C@]3(C)C(=CC(=O)[C@@H]4[C@@]5(C)CC[C@H](OC(=O)CNCCCCCCCCCN)C(C)(C)[C@@H]5CC[C@]43C)[C@@H]2C1. The van der Waals surface area contributed by atoms with Crippen LogP contribution in [0.25, 0.3) is 0 Å². The van der Waals surface area contributed by atoms with Crippen molar-refractivity contribution in [2.75, 3.05) is 26.7 Å². The molecule has 9 atom stereocenters. The van der Waals surface area contributed by atoms with Crippen molar-refractivity contribution in [1.82, 2.24) is 5.32 Å². The number of rotatable bonds is 13. The number of esters is 2. The molecule has 5 aliphatic rings. The van der Waals surface area contributed by atoms with Gasteiger partial charge in [-0.25, -0.2) is 0 Å². The summed E-state index contributed by atoms with van der Waals surface area (Å²) in [6, 6.07) is 0. The molecule has 0 bridgehead atoms. The largest absolute Gasteiger partial charge is 0.469 e. The van der Waals surface area contributed by atoms with Crippen molar-refractivity contribution in [2.45, 2.75) is 157 Å². The highest BCUT2D eigenvalue weighted by molar-refractivity contribution is 5.95. The minimum absolute atomic E-state index is 0.0642. The number of nitrogens with two attached hydrogens (primary N) is 1. The maximum absolute atomic E-state index is 14.7. The molecule has 0 saturated heterocycles. The fourth-order valence-corrected chi connectivity index (χ4v) is 12.5. The summed E-state index contributed by atoms with van der Waals surface area (Å²) in [5.74, 6) is 0.458. The van der Waals surface area contributed by atoms with Gasteiger partial charge < -0.3 is 20.5 Å². The number of nitrogens with one attached hydrogen (secondary N) is 1. The third-order valence-electron chi connectivity index (χ3n) is 15.8. The molecule has 7 nitrogen and oxygen atoms in total. The number of hydrogen-bond donors (Lipinski definition) is 2. The number of hydrogen-bond acceptors (Lipinski definition) is 7. The van der Waals surface area contributed by atoms with Gasteiger partial charge in [0.05, 0.1) is 19.1 Å². The van der Waals surface area contributed by atoms with E-state index in [0.717, 1.165) is 83.7 Å². The molecule has 0 aromatic carbocycles. The van der Waals surface area contributed by atoms with E-state index in [1.165, 1.54) is 44.8 Å². The van der Waals surface area contributed by atoms with E-state index in [4.69, 9.17) is 15.2 Å². The minimum atomic E-state index is -0.512. The highest BCUT2D eigenvalue weighted by Gasteiger charge is 2.70. The van der Waals surface area contributed by atoms with Crippen molar-refractivity contribution in [3.8, 4) is 0 Å². The van der Waals surface area contributed by atoms with Gasteiger partial charge in [-0.15, -0.1) is 0 Å². The first-order chi connectivity index (χ1) is 23.0. The molecule has 7 heteroatoms. The lowest BCUT2D eigenvalue weighted by atomic mass is 9.33. The molecular formula is C42H70N2O5. The molecule has 49 heavy (non-hydrogen) atoms. The van der Waals surface area contributed by atoms with Crippen molar-refractivity contribution in [2.24, 2.45) is 56.0 Å². The summed E-state index contributed by atoms with van der Waals surface area (Å²) in [5, 5.41) is 3.32. The standard InChI is InChI=1S/C42H70N2O5/c1-37(2)32-16-19-42(7)35(40(32,5)18-17-33(37)49-34(46)28-44-25-15-13-11-9-10-12-14-24-43)31(45)26-29-30-27-39(4,36(47)48-8)21-20-38(30,3)22-23-41(29,42)6/h26,30,32-33,35,44H,9-25,27-28,43H2,1-8H3/t30-,32-,33-,35+,38+,39-,40-,41+,42+/m0/s1. The highest BCUT2D eigenvalue weighted by Crippen LogP contribution is 2.75. The second-order valence-corrected chi connectivity index (χ2v) is 19.0. The van der Waals surface area contributed by atoms with Gasteiger partial charge in [0.1, 0.15) is 6.10 Å². The average molecular weight is 683 g/mol. The Kier molecular flexibility index (Phi) is 11.3. The Bertz CT molecular complexity index is 1280. The van der Waals surface area contributed by atoms with Crippen LogP contribution in [0.2, 0.25) is 0 Å². The van der Waals surface area contributed by atoms with Gasteiger partial charge in [0.2, 0.25) is 0 Å². The van der Waals surface area contributed by atoms with Crippen molar-refractivity contribution in [3.63, 3.8) is 0 Å². The molecule has 5 rings (SSSR count). The van der Waals surface area contributed by atoms with Gasteiger partial charge >= 0.3 is 11.9 Å². The second-order valence-electron chi connectivity index (χ2n) is 19.0. The Morgan fingerprint density at radius 3 is 2.18 bits per heavy atom. The summed E-state index contributed by atoms with van der Waals surface area (Å²) in [6.45, 7) is 18.2. The van der Waals surface area contributed by atoms with Crippen LogP contribution in [0.5, 0.6) is 0 Å². The fraction of sp³-hybridized carbons (Fsp3) is 0.881. The first kappa shape index (κ1) is 38.5. The Labute approximate surface area is 298 Å². The van der Waals surface area contributed by atoms with Crippen LogP contribution < -0.4 is 11.1 Å². The molecule has 4 fully saturated rings. The first-order valence-electron chi connectivity index (χ1n) is 20.0. The zero-order valence-corrected chi connectivity index (χ0v) is 32.4. The summed E-state index contributed by atoms with van der Waals surface area (Å²) in [6.07, 6.45) is 18.8. The molecule has 5 aliphatic carbocycles. The number of ketones is 1. The maximum atomic E-state index is 14.7. The molecule has 0 radical (unpaired) electrons. The maximum Gasteiger partial charge on any atom is 0.320 e. The lowest BCUT2D eigenvalue weighted by molar-refractivity contribution is -0.210. The lowest BCUT2D eigenvalue weighted by Gasteiger charge is -2.70. The quantitative estimate of drug-likeness (QED) is 0.149. The predicted octanol–water partition coefficient (Wildman–Crippen LogP) is 8.33. The van der Waals surface area contributed by atoms with E-state index in [9.17, 15) is 14.4 Å². The molecule has 0 heterocycles. The molecule has 0 aliphatic heterocycles. The summed E-state index contributed by atoms with van der Waals surface area (Å²) in [4.78, 5) is 40.8. The summed E-state index contributed by atoms with van der Waals surface area (Å²) in [7, 11) is 1.50. The van der Waals surface area contributed by atoms with Crippen LogP contribution in [0.1, 0.15) is 151 Å². The summed E-state index contributed by atoms with van der Waals surface area (Å²) in [5.41, 5.74) is 5.84. The third-order valence-corrected chi connectivity index (χ3v) is 15.8.